The lowest BCUT2D eigenvalue weighted by Crippen LogP contribution is -2.44. The van der Waals surface area contributed by atoms with Gasteiger partial charge >= 0.3 is 12.1 Å². The molecule has 32 heavy (non-hydrogen) atoms. The van der Waals surface area contributed by atoms with Crippen LogP contribution in [0.3, 0.4) is 0 Å². The van der Waals surface area contributed by atoms with Crippen molar-refractivity contribution in [1.82, 2.24) is 21.3 Å². The van der Waals surface area contributed by atoms with Gasteiger partial charge in [0.15, 0.2) is 0 Å². The first-order chi connectivity index (χ1) is 15.5. The number of rotatable bonds is 9. The fourth-order valence-electron chi connectivity index (χ4n) is 4.61. The lowest BCUT2D eigenvalue weighted by atomic mass is 9.83. The van der Waals surface area contributed by atoms with Crippen LogP contribution in [0, 0.1) is 0 Å². The third kappa shape index (κ3) is 3.95. The molecule has 0 aromatic heterocycles. The van der Waals surface area contributed by atoms with Crippen molar-refractivity contribution in [2.75, 3.05) is 0 Å². The summed E-state index contributed by atoms with van der Waals surface area (Å²) in [6, 6.07) is 17.5. The molecule has 4 rings (SSSR count). The van der Waals surface area contributed by atoms with E-state index in [4.69, 9.17) is 0 Å². The third-order valence-corrected chi connectivity index (χ3v) is 6.27. The molecule has 166 valence electrons. The molecule has 2 aromatic carbocycles. The maximum Gasteiger partial charge on any atom is 0.322 e. The topological polar surface area (TPSA) is 116 Å². The fourth-order valence-corrected chi connectivity index (χ4v) is 4.61. The third-order valence-electron chi connectivity index (χ3n) is 6.27. The molecule has 2 unspecified atom stereocenters. The largest absolute Gasteiger partial charge is 0.322 e. The molecule has 4 N–H and O–H groups in total. The van der Waals surface area contributed by atoms with E-state index in [2.05, 4.69) is 21.3 Å². The lowest BCUT2D eigenvalue weighted by Gasteiger charge is -2.27. The summed E-state index contributed by atoms with van der Waals surface area (Å²) >= 11 is 0. The van der Waals surface area contributed by atoms with E-state index in [1.165, 1.54) is 0 Å². The Kier molecular flexibility index (Phi) is 5.94. The van der Waals surface area contributed by atoms with E-state index in [0.29, 0.717) is 12.8 Å². The summed E-state index contributed by atoms with van der Waals surface area (Å²) in [7, 11) is 0. The SMILES string of the molecule is O=C1NC(=O)C(CCCCCCC2(c3ccccc3)NC(=O)NC2=O)(c2ccccc2)N1. The highest BCUT2D eigenvalue weighted by atomic mass is 16.2. The minimum Gasteiger partial charge on any atom is -0.319 e. The van der Waals surface area contributed by atoms with Crippen molar-refractivity contribution in [1.29, 1.82) is 0 Å². The molecule has 2 atom stereocenters. The average molecular weight is 434 g/mol. The van der Waals surface area contributed by atoms with Crippen molar-refractivity contribution in [2.45, 2.75) is 49.6 Å². The van der Waals surface area contributed by atoms with Gasteiger partial charge in [-0.2, -0.15) is 0 Å². The van der Waals surface area contributed by atoms with Crippen molar-refractivity contribution in [3.05, 3.63) is 71.8 Å². The number of hydrogen-bond acceptors (Lipinski definition) is 4. The molecule has 6 amide bonds. The second kappa shape index (κ2) is 8.82. The Hall–Kier alpha value is -3.68. The smallest absolute Gasteiger partial charge is 0.319 e. The highest BCUT2D eigenvalue weighted by molar-refractivity contribution is 6.08. The zero-order chi connectivity index (χ0) is 22.6. The fraction of sp³-hybridized carbons (Fsp3) is 0.333. The number of urea groups is 2. The molecule has 2 heterocycles. The van der Waals surface area contributed by atoms with E-state index in [1.807, 2.05) is 60.7 Å². The van der Waals surface area contributed by atoms with E-state index >= 15 is 0 Å². The predicted octanol–water partition coefficient (Wildman–Crippen LogP) is 2.80. The van der Waals surface area contributed by atoms with Gasteiger partial charge in [-0.15, -0.1) is 0 Å². The number of hydrogen-bond donors (Lipinski definition) is 4. The summed E-state index contributed by atoms with van der Waals surface area (Å²) < 4.78 is 0. The molecule has 2 aliphatic heterocycles. The lowest BCUT2D eigenvalue weighted by molar-refractivity contribution is -0.125. The van der Waals surface area contributed by atoms with Crippen LogP contribution in [0.5, 0.6) is 0 Å². The standard InChI is InChI=1S/C24H26N4O4/c29-19-23(27-21(31)25-19,17-11-5-3-6-12-17)15-9-1-2-10-16-24(18-13-7-4-8-14-18)20(30)26-22(32)28-24/h3-8,11-14H,1-2,9-10,15-16H2,(H2,25,27,29,31)(H2,26,28,30,32). The molecule has 0 radical (unpaired) electrons. The van der Waals surface area contributed by atoms with Crippen LogP contribution in [-0.2, 0) is 20.7 Å². The van der Waals surface area contributed by atoms with Gasteiger partial charge in [-0.25, -0.2) is 9.59 Å². The van der Waals surface area contributed by atoms with Crippen molar-refractivity contribution in [3.8, 4) is 0 Å². The van der Waals surface area contributed by atoms with E-state index < -0.39 is 23.1 Å². The highest BCUT2D eigenvalue weighted by Crippen LogP contribution is 2.33. The van der Waals surface area contributed by atoms with Crippen molar-refractivity contribution in [3.63, 3.8) is 0 Å². The van der Waals surface area contributed by atoms with E-state index in [9.17, 15) is 19.2 Å². The molecule has 0 saturated carbocycles. The van der Waals surface area contributed by atoms with Gasteiger partial charge in [-0.3, -0.25) is 20.2 Å². The van der Waals surface area contributed by atoms with Gasteiger partial charge in [0.05, 0.1) is 0 Å². The number of benzene rings is 2. The number of carbonyl (C=O) groups is 4. The molecule has 2 aliphatic rings. The van der Waals surface area contributed by atoms with Crippen LogP contribution in [0.25, 0.3) is 0 Å². The molecule has 8 heteroatoms. The van der Waals surface area contributed by atoms with E-state index in [1.54, 1.807) is 0 Å². The van der Waals surface area contributed by atoms with Gasteiger partial charge in [0.25, 0.3) is 11.8 Å². The second-order valence-electron chi connectivity index (χ2n) is 8.27. The van der Waals surface area contributed by atoms with Crippen LogP contribution in [0.15, 0.2) is 60.7 Å². The first kappa shape index (κ1) is 21.5. The molecule has 2 saturated heterocycles. The molecule has 2 aromatic rings. The molecular weight excluding hydrogens is 408 g/mol. The Labute approximate surface area is 186 Å². The Morgan fingerprint density at radius 3 is 1.22 bits per heavy atom. The molecule has 2 fully saturated rings. The van der Waals surface area contributed by atoms with Gasteiger partial charge in [0.2, 0.25) is 0 Å². The minimum atomic E-state index is -1.05. The van der Waals surface area contributed by atoms with Crippen molar-refractivity contribution >= 4 is 23.9 Å². The Morgan fingerprint density at radius 1 is 0.531 bits per heavy atom. The van der Waals surface area contributed by atoms with Crippen molar-refractivity contribution in [2.24, 2.45) is 0 Å². The van der Waals surface area contributed by atoms with Gasteiger partial charge in [0, 0.05) is 0 Å². The highest BCUT2D eigenvalue weighted by Gasteiger charge is 2.48. The van der Waals surface area contributed by atoms with Gasteiger partial charge < -0.3 is 10.6 Å². The molecule has 0 aliphatic carbocycles. The second-order valence-corrected chi connectivity index (χ2v) is 8.27. The summed E-state index contributed by atoms with van der Waals surface area (Å²) in [5, 5.41) is 10.3. The predicted molar refractivity (Wildman–Crippen MR) is 117 cm³/mol. The Morgan fingerprint density at radius 2 is 0.906 bits per heavy atom. The van der Waals surface area contributed by atoms with Gasteiger partial charge in [0.1, 0.15) is 11.1 Å². The van der Waals surface area contributed by atoms with Gasteiger partial charge in [-0.05, 0) is 24.0 Å². The zero-order valence-electron chi connectivity index (χ0n) is 17.6. The van der Waals surface area contributed by atoms with Crippen LogP contribution in [0.1, 0.15) is 49.7 Å². The summed E-state index contributed by atoms with van der Waals surface area (Å²) in [6.45, 7) is 0. The monoisotopic (exact) mass is 434 g/mol. The minimum absolute atomic E-state index is 0.331. The zero-order valence-corrected chi connectivity index (χ0v) is 17.6. The first-order valence-electron chi connectivity index (χ1n) is 10.8. The molecule has 0 bridgehead atoms. The number of unbranched alkanes of at least 4 members (excludes halogenated alkanes) is 3. The van der Waals surface area contributed by atoms with Crippen LogP contribution < -0.4 is 21.3 Å². The Balaban J connectivity index is 1.36. The average Bonchev–Trinajstić information content (AvgIpc) is 3.26. The number of amides is 6. The molecular formula is C24H26N4O4. The summed E-state index contributed by atoms with van der Waals surface area (Å²) in [4.78, 5) is 48.8. The normalized spacial score (nSPS) is 24.6. The van der Waals surface area contributed by atoms with Gasteiger partial charge in [-0.1, -0.05) is 86.3 Å². The summed E-state index contributed by atoms with van der Waals surface area (Å²) in [6.07, 6.45) is 4.04. The maximum absolute atomic E-state index is 12.6. The first-order valence-corrected chi connectivity index (χ1v) is 10.8. The van der Waals surface area contributed by atoms with E-state index in [-0.39, 0.29) is 11.8 Å². The van der Waals surface area contributed by atoms with E-state index in [0.717, 1.165) is 36.8 Å². The molecule has 0 spiro atoms. The number of carbonyl (C=O) groups excluding carboxylic acids is 4. The number of nitrogens with one attached hydrogen (secondary N) is 4. The Bertz CT molecular complexity index is 943. The van der Waals surface area contributed by atoms with Crippen LogP contribution in [-0.4, -0.2) is 23.9 Å². The maximum atomic E-state index is 12.6. The van der Waals surface area contributed by atoms with Crippen molar-refractivity contribution < 1.29 is 19.2 Å². The number of imide groups is 2. The van der Waals surface area contributed by atoms with Crippen LogP contribution >= 0.6 is 0 Å². The molecule has 8 nitrogen and oxygen atoms in total. The quantitative estimate of drug-likeness (QED) is 0.359. The summed E-state index contributed by atoms with van der Waals surface area (Å²) in [5.41, 5.74) is -0.584. The van der Waals surface area contributed by atoms with Crippen LogP contribution in [0.2, 0.25) is 0 Å². The van der Waals surface area contributed by atoms with Crippen LogP contribution in [0.4, 0.5) is 9.59 Å². The summed E-state index contributed by atoms with van der Waals surface area (Å²) in [5.74, 6) is -0.663.